The van der Waals surface area contributed by atoms with Gasteiger partial charge in [-0.3, -0.25) is 0 Å². The molecule has 0 amide bonds. The van der Waals surface area contributed by atoms with Gasteiger partial charge in [0.2, 0.25) is 0 Å². The molecule has 0 bridgehead atoms. The van der Waals surface area contributed by atoms with Crippen LogP contribution in [0.1, 0.15) is 12.5 Å². The molecule has 1 rings (SSSR count). The van der Waals surface area contributed by atoms with Gasteiger partial charge in [0.15, 0.2) is 0 Å². The maximum absolute atomic E-state index is 5.48. The molecular weight excluding hydrogens is 190 g/mol. The van der Waals surface area contributed by atoms with Crippen LogP contribution in [0, 0.1) is 0 Å². The minimum absolute atomic E-state index is 0.601. The van der Waals surface area contributed by atoms with E-state index >= 15 is 0 Å². The molecule has 0 aliphatic carbocycles. The molecule has 15 heavy (non-hydrogen) atoms. The van der Waals surface area contributed by atoms with Gasteiger partial charge < -0.3 is 15.2 Å². The van der Waals surface area contributed by atoms with Crippen LogP contribution in [-0.2, 0) is 11.2 Å². The number of rotatable bonds is 7. The third kappa shape index (κ3) is 4.81. The molecule has 0 unspecified atom stereocenters. The van der Waals surface area contributed by atoms with Crippen molar-refractivity contribution in [3.8, 4) is 5.75 Å². The number of hydrogen-bond acceptors (Lipinski definition) is 3. The fourth-order valence-electron chi connectivity index (χ4n) is 1.28. The summed E-state index contributed by atoms with van der Waals surface area (Å²) in [6, 6.07) is 8.03. The Morgan fingerprint density at radius 3 is 2.47 bits per heavy atom. The van der Waals surface area contributed by atoms with Crippen LogP contribution in [-0.4, -0.2) is 26.4 Å². The van der Waals surface area contributed by atoms with Gasteiger partial charge in [-0.15, -0.1) is 0 Å². The molecule has 3 heteroatoms. The summed E-state index contributed by atoms with van der Waals surface area (Å²) in [5.41, 5.74) is 6.71. The van der Waals surface area contributed by atoms with Gasteiger partial charge in [-0.25, -0.2) is 0 Å². The third-order valence-electron chi connectivity index (χ3n) is 2.06. The summed E-state index contributed by atoms with van der Waals surface area (Å²) >= 11 is 0. The normalized spacial score (nSPS) is 10.3. The molecule has 2 N–H and O–H groups in total. The fourth-order valence-corrected chi connectivity index (χ4v) is 1.28. The lowest BCUT2D eigenvalue weighted by molar-refractivity contribution is 0.110. The Kier molecular flexibility index (Phi) is 5.81. The van der Waals surface area contributed by atoms with E-state index in [0.717, 1.165) is 18.8 Å². The number of nitrogens with two attached hydrogens (primary N) is 1. The van der Waals surface area contributed by atoms with Gasteiger partial charge >= 0.3 is 0 Å². The van der Waals surface area contributed by atoms with Crippen LogP contribution in [0.3, 0.4) is 0 Å². The average molecular weight is 209 g/mol. The van der Waals surface area contributed by atoms with E-state index in [1.807, 2.05) is 31.2 Å². The quantitative estimate of drug-likeness (QED) is 0.694. The van der Waals surface area contributed by atoms with Gasteiger partial charge in [0.1, 0.15) is 12.4 Å². The highest BCUT2D eigenvalue weighted by Gasteiger charge is 1.94. The van der Waals surface area contributed by atoms with Crippen LogP contribution in [0.2, 0.25) is 0 Å². The van der Waals surface area contributed by atoms with E-state index in [9.17, 15) is 0 Å². The molecule has 0 aliphatic rings. The second-order valence-corrected chi connectivity index (χ2v) is 3.23. The molecule has 1 aromatic rings. The summed E-state index contributed by atoms with van der Waals surface area (Å²) < 4.78 is 10.7. The van der Waals surface area contributed by atoms with Crippen molar-refractivity contribution < 1.29 is 9.47 Å². The van der Waals surface area contributed by atoms with Crippen molar-refractivity contribution in [2.45, 2.75) is 13.3 Å². The van der Waals surface area contributed by atoms with E-state index in [-0.39, 0.29) is 0 Å². The zero-order valence-corrected chi connectivity index (χ0v) is 9.24. The summed E-state index contributed by atoms with van der Waals surface area (Å²) in [5.74, 6) is 0.885. The summed E-state index contributed by atoms with van der Waals surface area (Å²) in [6.45, 7) is 4.64. The van der Waals surface area contributed by atoms with E-state index < -0.39 is 0 Å². The second kappa shape index (κ2) is 7.26. The number of benzene rings is 1. The highest BCUT2D eigenvalue weighted by molar-refractivity contribution is 5.27. The van der Waals surface area contributed by atoms with Crippen molar-refractivity contribution in [1.82, 2.24) is 0 Å². The van der Waals surface area contributed by atoms with Crippen LogP contribution >= 0.6 is 0 Å². The van der Waals surface area contributed by atoms with Crippen LogP contribution in [0.15, 0.2) is 24.3 Å². The Hall–Kier alpha value is -1.06. The predicted molar refractivity (Wildman–Crippen MR) is 61.2 cm³/mol. The second-order valence-electron chi connectivity index (χ2n) is 3.23. The van der Waals surface area contributed by atoms with E-state index in [2.05, 4.69) is 0 Å². The lowest BCUT2D eigenvalue weighted by Crippen LogP contribution is -2.06. The molecule has 3 nitrogen and oxygen atoms in total. The summed E-state index contributed by atoms with van der Waals surface area (Å²) in [5, 5.41) is 0. The van der Waals surface area contributed by atoms with E-state index in [4.69, 9.17) is 15.2 Å². The van der Waals surface area contributed by atoms with Gasteiger partial charge in [0.25, 0.3) is 0 Å². The lowest BCUT2D eigenvalue weighted by atomic mass is 10.1. The topological polar surface area (TPSA) is 44.5 Å². The molecule has 0 saturated carbocycles. The maximum atomic E-state index is 5.48. The zero-order valence-electron chi connectivity index (χ0n) is 9.24. The first kappa shape index (κ1) is 12.0. The van der Waals surface area contributed by atoms with Crippen LogP contribution in [0.4, 0.5) is 0 Å². The van der Waals surface area contributed by atoms with E-state index in [0.29, 0.717) is 19.8 Å². The Balaban J connectivity index is 2.29. The molecule has 0 atom stereocenters. The molecule has 0 spiro atoms. The monoisotopic (exact) mass is 209 g/mol. The number of hydrogen-bond donors (Lipinski definition) is 1. The van der Waals surface area contributed by atoms with Gasteiger partial charge in [0, 0.05) is 6.61 Å². The molecule has 0 fully saturated rings. The zero-order chi connectivity index (χ0) is 10.9. The Bertz CT molecular complexity index is 259. The first-order chi connectivity index (χ1) is 7.36. The highest BCUT2D eigenvalue weighted by atomic mass is 16.5. The predicted octanol–water partition coefficient (Wildman–Crippen LogP) is 1.60. The lowest BCUT2D eigenvalue weighted by Gasteiger charge is -2.06. The molecule has 1 aromatic carbocycles. The minimum Gasteiger partial charge on any atom is -0.491 e. The first-order valence-corrected chi connectivity index (χ1v) is 5.36. The molecule has 0 radical (unpaired) electrons. The van der Waals surface area contributed by atoms with Crippen molar-refractivity contribution in [1.29, 1.82) is 0 Å². The molecule has 0 saturated heterocycles. The van der Waals surface area contributed by atoms with Crippen molar-refractivity contribution >= 4 is 0 Å². The number of ether oxygens (including phenoxy) is 2. The van der Waals surface area contributed by atoms with Gasteiger partial charge in [-0.1, -0.05) is 12.1 Å². The van der Waals surface area contributed by atoms with E-state index in [1.165, 1.54) is 5.56 Å². The van der Waals surface area contributed by atoms with Gasteiger partial charge in [-0.05, 0) is 37.6 Å². The average Bonchev–Trinajstić information content (AvgIpc) is 2.27. The van der Waals surface area contributed by atoms with Crippen molar-refractivity contribution in [2.24, 2.45) is 5.73 Å². The summed E-state index contributed by atoms with van der Waals surface area (Å²) in [4.78, 5) is 0. The largest absolute Gasteiger partial charge is 0.491 e. The highest BCUT2D eigenvalue weighted by Crippen LogP contribution is 2.12. The van der Waals surface area contributed by atoms with Crippen LogP contribution < -0.4 is 10.5 Å². The van der Waals surface area contributed by atoms with Crippen molar-refractivity contribution in [3.63, 3.8) is 0 Å². The smallest absolute Gasteiger partial charge is 0.119 e. The standard InChI is InChI=1S/C12H19NO2/c1-2-14-9-10-15-12-5-3-11(4-6-12)7-8-13/h3-6H,2,7-10,13H2,1H3. The fraction of sp³-hybridized carbons (Fsp3) is 0.500. The van der Waals surface area contributed by atoms with Crippen LogP contribution in [0.25, 0.3) is 0 Å². The van der Waals surface area contributed by atoms with Gasteiger partial charge in [-0.2, -0.15) is 0 Å². The maximum Gasteiger partial charge on any atom is 0.119 e. The molecule has 0 aromatic heterocycles. The van der Waals surface area contributed by atoms with Gasteiger partial charge in [0.05, 0.1) is 6.61 Å². The molecule has 0 aliphatic heterocycles. The summed E-state index contributed by atoms with van der Waals surface area (Å²) in [7, 11) is 0. The minimum atomic E-state index is 0.601. The Labute approximate surface area is 91.2 Å². The van der Waals surface area contributed by atoms with Crippen molar-refractivity contribution in [2.75, 3.05) is 26.4 Å². The third-order valence-corrected chi connectivity index (χ3v) is 2.06. The molecular formula is C12H19NO2. The SMILES string of the molecule is CCOCCOc1ccc(CCN)cc1. The molecule has 0 heterocycles. The molecule has 84 valence electrons. The van der Waals surface area contributed by atoms with Crippen molar-refractivity contribution in [3.05, 3.63) is 29.8 Å². The van der Waals surface area contributed by atoms with Crippen LogP contribution in [0.5, 0.6) is 5.75 Å². The van der Waals surface area contributed by atoms with E-state index in [1.54, 1.807) is 0 Å². The Morgan fingerprint density at radius 1 is 1.13 bits per heavy atom. The Morgan fingerprint density at radius 2 is 1.87 bits per heavy atom. The summed E-state index contributed by atoms with van der Waals surface area (Å²) in [6.07, 6.45) is 0.916. The first-order valence-electron chi connectivity index (χ1n) is 5.36.